The fourth-order valence-corrected chi connectivity index (χ4v) is 6.13. The Balaban J connectivity index is 1.44. The van der Waals surface area contributed by atoms with Gasteiger partial charge in [0, 0.05) is 18.7 Å². The van der Waals surface area contributed by atoms with Crippen molar-refractivity contribution in [1.29, 1.82) is 0 Å². The van der Waals surface area contributed by atoms with Gasteiger partial charge in [-0.25, -0.2) is 4.98 Å². The van der Waals surface area contributed by atoms with Gasteiger partial charge in [0.1, 0.15) is 11.0 Å². The van der Waals surface area contributed by atoms with Gasteiger partial charge in [0.2, 0.25) is 11.8 Å². The fraction of sp³-hybridized carbons (Fsp3) is 0.300. The summed E-state index contributed by atoms with van der Waals surface area (Å²) < 4.78 is 1.09. The third kappa shape index (κ3) is 5.48. The molecule has 0 saturated carbocycles. The second-order valence-electron chi connectivity index (χ2n) is 9.51. The molecule has 7 nitrogen and oxygen atoms in total. The van der Waals surface area contributed by atoms with E-state index in [-0.39, 0.29) is 24.5 Å². The molecule has 0 spiro atoms. The van der Waals surface area contributed by atoms with Crippen LogP contribution in [0, 0.1) is 0 Å². The quantitative estimate of drug-likeness (QED) is 0.298. The zero-order valence-corrected chi connectivity index (χ0v) is 22.2. The normalized spacial score (nSPS) is 16.9. The van der Waals surface area contributed by atoms with Crippen LogP contribution in [0.3, 0.4) is 0 Å². The van der Waals surface area contributed by atoms with E-state index in [1.807, 2.05) is 53.4 Å². The van der Waals surface area contributed by atoms with Crippen LogP contribution in [0.2, 0.25) is 0 Å². The lowest BCUT2D eigenvalue weighted by atomic mass is 10.0. The molecular formula is C30H32N4O3S. The minimum absolute atomic E-state index is 0.0672. The molecule has 1 aromatic heterocycles. The molecule has 5 rings (SSSR count). The second-order valence-corrected chi connectivity index (χ2v) is 10.6. The molecule has 0 aliphatic carbocycles. The number of hydrogen-bond acceptors (Lipinski definition) is 6. The van der Waals surface area contributed by atoms with E-state index in [4.69, 9.17) is 10.1 Å². The van der Waals surface area contributed by atoms with Crippen molar-refractivity contribution in [2.24, 2.45) is 0 Å². The van der Waals surface area contributed by atoms with Crippen molar-refractivity contribution in [3.8, 4) is 11.1 Å². The molecule has 38 heavy (non-hydrogen) atoms. The summed E-state index contributed by atoms with van der Waals surface area (Å²) in [6.45, 7) is 2.57. The molecule has 2 amide bonds. The van der Waals surface area contributed by atoms with Crippen molar-refractivity contribution in [3.63, 3.8) is 0 Å². The first-order valence-corrected chi connectivity index (χ1v) is 13.8. The molecule has 0 unspecified atom stereocenters. The topological polar surface area (TPSA) is 94.6 Å². The van der Waals surface area contributed by atoms with Crippen LogP contribution in [0.1, 0.15) is 42.4 Å². The van der Waals surface area contributed by atoms with E-state index in [1.165, 1.54) is 0 Å². The molecule has 3 atom stereocenters. The van der Waals surface area contributed by atoms with Crippen LogP contribution in [0.4, 0.5) is 0 Å². The minimum Gasteiger partial charge on any atom is -0.395 e. The third-order valence-electron chi connectivity index (χ3n) is 6.96. The lowest BCUT2D eigenvalue weighted by molar-refractivity contribution is -0.137. The van der Waals surface area contributed by atoms with Gasteiger partial charge in [-0.1, -0.05) is 72.8 Å². The average molecular weight is 529 g/mol. The average Bonchev–Trinajstić information content (AvgIpc) is 3.62. The maximum atomic E-state index is 14.0. The molecule has 0 bridgehead atoms. The summed E-state index contributed by atoms with van der Waals surface area (Å²) in [7, 11) is 0. The van der Waals surface area contributed by atoms with Crippen molar-refractivity contribution in [2.45, 2.75) is 37.9 Å². The number of aliphatic hydroxyl groups excluding tert-OH is 1. The summed E-state index contributed by atoms with van der Waals surface area (Å²) in [5.74, 6) is -0.423. The lowest BCUT2D eigenvalue weighted by Crippen LogP contribution is -2.48. The fourth-order valence-electron chi connectivity index (χ4n) is 4.99. The van der Waals surface area contributed by atoms with E-state index < -0.39 is 12.1 Å². The molecule has 196 valence electrons. The number of benzene rings is 3. The highest BCUT2D eigenvalue weighted by molar-refractivity contribution is 7.18. The Kier molecular flexibility index (Phi) is 8.12. The summed E-state index contributed by atoms with van der Waals surface area (Å²) >= 11 is 1.63. The Morgan fingerprint density at radius 3 is 2.53 bits per heavy atom. The molecule has 1 saturated heterocycles. The van der Waals surface area contributed by atoms with Gasteiger partial charge in [-0.15, -0.1) is 11.3 Å². The molecule has 1 fully saturated rings. The maximum Gasteiger partial charge on any atom is 0.250 e. The minimum atomic E-state index is -0.808. The first kappa shape index (κ1) is 26.0. The van der Waals surface area contributed by atoms with Crippen molar-refractivity contribution >= 4 is 33.4 Å². The first-order valence-electron chi connectivity index (χ1n) is 13.0. The first-order chi connectivity index (χ1) is 18.6. The Morgan fingerprint density at radius 2 is 1.79 bits per heavy atom. The number of aliphatic hydroxyl groups is 1. The van der Waals surface area contributed by atoms with Crippen molar-refractivity contribution in [1.82, 2.24) is 20.5 Å². The van der Waals surface area contributed by atoms with E-state index >= 15 is 0 Å². The highest BCUT2D eigenvalue weighted by Gasteiger charge is 2.37. The molecule has 3 N–H and O–H groups in total. The van der Waals surface area contributed by atoms with Crippen molar-refractivity contribution < 1.29 is 14.7 Å². The number of amides is 2. The number of likely N-dealkylation sites (tertiary alicyclic amines) is 1. The van der Waals surface area contributed by atoms with Crippen LogP contribution in [0.15, 0.2) is 78.9 Å². The number of nitrogens with zero attached hydrogens (tertiary/aromatic N) is 2. The molecule has 3 aromatic carbocycles. The van der Waals surface area contributed by atoms with Crippen LogP contribution >= 0.6 is 11.3 Å². The van der Waals surface area contributed by atoms with Crippen LogP contribution in [-0.4, -0.2) is 52.5 Å². The highest BCUT2D eigenvalue weighted by Crippen LogP contribution is 2.40. The van der Waals surface area contributed by atoms with Crippen LogP contribution < -0.4 is 10.6 Å². The van der Waals surface area contributed by atoms with Gasteiger partial charge in [0.25, 0.3) is 0 Å². The summed E-state index contributed by atoms with van der Waals surface area (Å²) in [5.41, 5.74) is 3.89. The smallest absolute Gasteiger partial charge is 0.250 e. The molecule has 8 heteroatoms. The molecule has 1 aliphatic heterocycles. The monoisotopic (exact) mass is 528 g/mol. The van der Waals surface area contributed by atoms with Gasteiger partial charge < -0.3 is 20.6 Å². The molecule has 0 radical (unpaired) electrons. The Hall–Kier alpha value is -3.59. The van der Waals surface area contributed by atoms with E-state index in [1.54, 1.807) is 18.3 Å². The van der Waals surface area contributed by atoms with E-state index in [9.17, 15) is 9.59 Å². The standard InChI is InChI=1S/C30H32N4O3S/c1-20(31-17-19-35)28(36)32-26(22-12-6-3-7-13-22)30(37)34-18-9-15-24(34)29-33-27-23(14-8-16-25(27)38-29)21-10-4-2-5-11-21/h2-8,10-14,16,20,24,26,31,35H,9,15,17-19H2,1H3,(H,32,36)/t20-,24-,26-/m0/s1. The van der Waals surface area contributed by atoms with Crippen LogP contribution in [0.5, 0.6) is 0 Å². The number of aromatic nitrogens is 1. The summed E-state index contributed by atoms with van der Waals surface area (Å²) in [5, 5.41) is 15.9. The number of nitrogens with one attached hydrogen (secondary N) is 2. The summed E-state index contributed by atoms with van der Waals surface area (Å²) in [6.07, 6.45) is 1.71. The predicted molar refractivity (Wildman–Crippen MR) is 151 cm³/mol. The number of para-hydroxylation sites is 1. The number of carbonyl (C=O) groups is 2. The number of carbonyl (C=O) groups excluding carboxylic acids is 2. The zero-order valence-electron chi connectivity index (χ0n) is 21.3. The number of thiazole rings is 1. The van der Waals surface area contributed by atoms with Crippen LogP contribution in [-0.2, 0) is 9.59 Å². The van der Waals surface area contributed by atoms with Gasteiger partial charge in [0.05, 0.1) is 28.9 Å². The number of fused-ring (bicyclic) bond motifs is 1. The number of rotatable bonds is 9. The summed E-state index contributed by atoms with van der Waals surface area (Å²) in [4.78, 5) is 33.9. The van der Waals surface area contributed by atoms with Crippen molar-refractivity contribution in [2.75, 3.05) is 19.7 Å². The Bertz CT molecular complexity index is 1390. The predicted octanol–water partition coefficient (Wildman–Crippen LogP) is 4.45. The Morgan fingerprint density at radius 1 is 1.05 bits per heavy atom. The van der Waals surface area contributed by atoms with Gasteiger partial charge in [-0.2, -0.15) is 0 Å². The summed E-state index contributed by atoms with van der Waals surface area (Å²) in [6, 6.07) is 24.3. The molecule has 4 aromatic rings. The van der Waals surface area contributed by atoms with E-state index in [0.717, 1.165) is 44.8 Å². The van der Waals surface area contributed by atoms with Crippen molar-refractivity contribution in [3.05, 3.63) is 89.4 Å². The second kappa shape index (κ2) is 11.9. The molecule has 1 aliphatic rings. The number of hydrogen-bond donors (Lipinski definition) is 3. The SMILES string of the molecule is C[C@H](NCCO)C(=O)N[C@H](C(=O)N1CCC[C@H]1c1nc2c(-c3ccccc3)cccc2s1)c1ccccc1. The van der Waals surface area contributed by atoms with Gasteiger partial charge in [-0.05, 0) is 37.0 Å². The zero-order chi connectivity index (χ0) is 26.5. The molecule has 2 heterocycles. The van der Waals surface area contributed by atoms with Gasteiger partial charge in [0.15, 0.2) is 0 Å². The Labute approximate surface area is 226 Å². The lowest BCUT2D eigenvalue weighted by Gasteiger charge is -2.29. The van der Waals surface area contributed by atoms with Gasteiger partial charge >= 0.3 is 0 Å². The third-order valence-corrected chi connectivity index (χ3v) is 8.09. The van der Waals surface area contributed by atoms with Crippen LogP contribution in [0.25, 0.3) is 21.3 Å². The maximum absolute atomic E-state index is 14.0. The largest absolute Gasteiger partial charge is 0.395 e. The van der Waals surface area contributed by atoms with Gasteiger partial charge in [-0.3, -0.25) is 9.59 Å². The highest BCUT2D eigenvalue weighted by atomic mass is 32.1. The van der Waals surface area contributed by atoms with E-state index in [0.29, 0.717) is 13.1 Å². The molecular weight excluding hydrogens is 496 g/mol. The van der Waals surface area contributed by atoms with E-state index in [2.05, 4.69) is 41.0 Å².